The van der Waals surface area contributed by atoms with Gasteiger partial charge in [-0.05, 0) is 48.7 Å². The van der Waals surface area contributed by atoms with Crippen molar-refractivity contribution in [2.75, 3.05) is 6.61 Å². The Labute approximate surface area is 144 Å². The van der Waals surface area contributed by atoms with Crippen LogP contribution in [0.2, 0.25) is 0 Å². The molecule has 0 radical (unpaired) electrons. The van der Waals surface area contributed by atoms with Crippen molar-refractivity contribution in [2.45, 2.75) is 39.5 Å². The number of ether oxygens (including phenoxy) is 1. The molecule has 1 atom stereocenters. The molecule has 0 amide bonds. The van der Waals surface area contributed by atoms with Gasteiger partial charge in [0.05, 0.1) is 17.6 Å². The number of nitrogens with zero attached hydrogens (tertiary/aromatic N) is 1. The second-order valence-corrected chi connectivity index (χ2v) is 6.35. The number of rotatable bonds is 8. The van der Waals surface area contributed by atoms with E-state index in [1.165, 1.54) is 25.7 Å². The van der Waals surface area contributed by atoms with Crippen LogP contribution in [0, 0.1) is 5.92 Å². The molecule has 0 fully saturated rings. The first-order valence-corrected chi connectivity index (χ1v) is 8.98. The molecule has 0 spiro atoms. The first kappa shape index (κ1) is 16.6. The van der Waals surface area contributed by atoms with Crippen molar-refractivity contribution >= 4 is 11.0 Å². The Morgan fingerprint density at radius 3 is 2.54 bits per heavy atom. The highest BCUT2D eigenvalue weighted by atomic mass is 16.5. The van der Waals surface area contributed by atoms with Crippen LogP contribution in [0.4, 0.5) is 0 Å². The SMILES string of the molecule is CCCCC(CC)COc1ccc(-c2nc3ccccc3[nH]2)cc1. The molecule has 3 nitrogen and oxygen atoms in total. The summed E-state index contributed by atoms with van der Waals surface area (Å²) in [6.45, 7) is 5.29. The zero-order chi connectivity index (χ0) is 16.8. The summed E-state index contributed by atoms with van der Waals surface area (Å²) < 4.78 is 5.98. The van der Waals surface area contributed by atoms with Crippen LogP contribution in [0.15, 0.2) is 48.5 Å². The minimum atomic E-state index is 0.653. The Balaban J connectivity index is 1.64. The summed E-state index contributed by atoms with van der Waals surface area (Å²) in [4.78, 5) is 8.00. The number of H-pyrrole nitrogens is 1. The van der Waals surface area contributed by atoms with Crippen molar-refractivity contribution < 1.29 is 4.74 Å². The standard InChI is InChI=1S/C21H26N2O/c1-3-5-8-16(4-2)15-24-18-13-11-17(12-14-18)21-22-19-9-6-7-10-20(19)23-21/h6-7,9-14,16H,3-5,8,15H2,1-2H3,(H,22,23). The fourth-order valence-corrected chi connectivity index (χ4v) is 2.91. The van der Waals surface area contributed by atoms with Crippen molar-refractivity contribution in [3.63, 3.8) is 0 Å². The summed E-state index contributed by atoms with van der Waals surface area (Å²) in [5, 5.41) is 0. The van der Waals surface area contributed by atoms with Crippen LogP contribution in [-0.2, 0) is 0 Å². The quantitative estimate of drug-likeness (QED) is 0.567. The van der Waals surface area contributed by atoms with Gasteiger partial charge in [0.1, 0.15) is 11.6 Å². The molecule has 0 aliphatic rings. The van der Waals surface area contributed by atoms with Crippen molar-refractivity contribution in [1.29, 1.82) is 0 Å². The molecule has 3 rings (SSSR count). The number of aromatic amines is 1. The van der Waals surface area contributed by atoms with E-state index in [1.54, 1.807) is 0 Å². The van der Waals surface area contributed by atoms with E-state index in [9.17, 15) is 0 Å². The predicted molar refractivity (Wildman–Crippen MR) is 100 cm³/mol. The summed E-state index contributed by atoms with van der Waals surface area (Å²) in [5.41, 5.74) is 3.14. The number of para-hydroxylation sites is 2. The van der Waals surface area contributed by atoms with Crippen molar-refractivity contribution in [2.24, 2.45) is 5.92 Å². The van der Waals surface area contributed by atoms with Crippen LogP contribution in [0.25, 0.3) is 22.4 Å². The molecule has 0 aliphatic carbocycles. The van der Waals surface area contributed by atoms with E-state index in [2.05, 4.69) is 35.9 Å². The third-order valence-corrected chi connectivity index (χ3v) is 4.55. The number of hydrogen-bond acceptors (Lipinski definition) is 2. The number of nitrogens with one attached hydrogen (secondary N) is 1. The van der Waals surface area contributed by atoms with Crippen LogP contribution < -0.4 is 4.74 Å². The minimum Gasteiger partial charge on any atom is -0.493 e. The highest BCUT2D eigenvalue weighted by Crippen LogP contribution is 2.23. The van der Waals surface area contributed by atoms with Crippen molar-refractivity contribution in [1.82, 2.24) is 9.97 Å². The van der Waals surface area contributed by atoms with Gasteiger partial charge in [0.25, 0.3) is 0 Å². The molecule has 126 valence electrons. The van der Waals surface area contributed by atoms with E-state index in [0.29, 0.717) is 5.92 Å². The van der Waals surface area contributed by atoms with Gasteiger partial charge in [0.15, 0.2) is 0 Å². The number of unbranched alkanes of at least 4 members (excludes halogenated alkanes) is 1. The van der Waals surface area contributed by atoms with Crippen LogP contribution in [0.1, 0.15) is 39.5 Å². The second-order valence-electron chi connectivity index (χ2n) is 6.35. The van der Waals surface area contributed by atoms with Gasteiger partial charge in [-0.25, -0.2) is 4.98 Å². The Bertz CT molecular complexity index is 728. The second kappa shape index (κ2) is 8.00. The summed E-state index contributed by atoms with van der Waals surface area (Å²) >= 11 is 0. The van der Waals surface area contributed by atoms with Gasteiger partial charge in [-0.15, -0.1) is 0 Å². The highest BCUT2D eigenvalue weighted by Gasteiger charge is 2.08. The molecular formula is C21H26N2O. The maximum Gasteiger partial charge on any atom is 0.138 e. The highest BCUT2D eigenvalue weighted by molar-refractivity contribution is 5.79. The maximum atomic E-state index is 5.98. The molecule has 0 saturated carbocycles. The molecule has 1 aromatic heterocycles. The summed E-state index contributed by atoms with van der Waals surface area (Å²) in [6, 6.07) is 16.3. The first-order valence-electron chi connectivity index (χ1n) is 8.98. The molecule has 3 heteroatoms. The van der Waals surface area contributed by atoms with E-state index >= 15 is 0 Å². The van der Waals surface area contributed by atoms with Gasteiger partial charge >= 0.3 is 0 Å². The number of imidazole rings is 1. The predicted octanol–water partition coefficient (Wildman–Crippen LogP) is 5.83. The molecular weight excluding hydrogens is 296 g/mol. The molecule has 3 aromatic rings. The van der Waals surface area contributed by atoms with E-state index in [4.69, 9.17) is 4.74 Å². The van der Waals surface area contributed by atoms with Crippen LogP contribution >= 0.6 is 0 Å². The summed E-state index contributed by atoms with van der Waals surface area (Å²) in [7, 11) is 0. The smallest absolute Gasteiger partial charge is 0.138 e. The Morgan fingerprint density at radius 2 is 1.83 bits per heavy atom. The number of fused-ring (bicyclic) bond motifs is 1. The Kier molecular flexibility index (Phi) is 5.52. The third-order valence-electron chi connectivity index (χ3n) is 4.55. The number of benzene rings is 2. The Hall–Kier alpha value is -2.29. The minimum absolute atomic E-state index is 0.653. The van der Waals surface area contributed by atoms with Gasteiger partial charge < -0.3 is 9.72 Å². The van der Waals surface area contributed by atoms with Crippen LogP contribution in [-0.4, -0.2) is 16.6 Å². The molecule has 0 saturated heterocycles. The van der Waals surface area contributed by atoms with Crippen molar-refractivity contribution in [3.8, 4) is 17.1 Å². The third kappa shape index (κ3) is 3.97. The number of hydrogen-bond donors (Lipinski definition) is 1. The molecule has 2 aromatic carbocycles. The van der Waals surface area contributed by atoms with E-state index in [1.807, 2.05) is 36.4 Å². The molecule has 1 heterocycles. The number of aromatic nitrogens is 2. The lowest BCUT2D eigenvalue weighted by Gasteiger charge is -2.15. The maximum absolute atomic E-state index is 5.98. The molecule has 0 bridgehead atoms. The van der Waals surface area contributed by atoms with Gasteiger partial charge in [-0.3, -0.25) is 0 Å². The lowest BCUT2D eigenvalue weighted by molar-refractivity contribution is 0.233. The van der Waals surface area contributed by atoms with Crippen LogP contribution in [0.3, 0.4) is 0 Å². The van der Waals surface area contributed by atoms with Gasteiger partial charge in [-0.1, -0.05) is 45.2 Å². The van der Waals surface area contributed by atoms with Gasteiger partial charge in [-0.2, -0.15) is 0 Å². The zero-order valence-corrected chi connectivity index (χ0v) is 14.6. The first-order chi connectivity index (χ1) is 11.8. The fraction of sp³-hybridized carbons (Fsp3) is 0.381. The monoisotopic (exact) mass is 322 g/mol. The molecule has 24 heavy (non-hydrogen) atoms. The average molecular weight is 322 g/mol. The lowest BCUT2D eigenvalue weighted by Crippen LogP contribution is -2.11. The van der Waals surface area contributed by atoms with Crippen molar-refractivity contribution in [3.05, 3.63) is 48.5 Å². The molecule has 1 N–H and O–H groups in total. The van der Waals surface area contributed by atoms with Gasteiger partial charge in [0, 0.05) is 5.56 Å². The average Bonchev–Trinajstić information content (AvgIpc) is 3.06. The molecule has 0 aliphatic heterocycles. The van der Waals surface area contributed by atoms with Gasteiger partial charge in [0.2, 0.25) is 0 Å². The largest absolute Gasteiger partial charge is 0.493 e. The van der Waals surface area contributed by atoms with Crippen LogP contribution in [0.5, 0.6) is 5.75 Å². The summed E-state index contributed by atoms with van der Waals surface area (Å²) in [6.07, 6.45) is 4.97. The topological polar surface area (TPSA) is 37.9 Å². The fourth-order valence-electron chi connectivity index (χ4n) is 2.91. The molecule has 1 unspecified atom stereocenters. The van der Waals surface area contributed by atoms with E-state index in [-0.39, 0.29) is 0 Å². The zero-order valence-electron chi connectivity index (χ0n) is 14.6. The summed E-state index contributed by atoms with van der Waals surface area (Å²) in [5.74, 6) is 2.49. The normalized spacial score (nSPS) is 12.4. The van der Waals surface area contributed by atoms with E-state index < -0.39 is 0 Å². The van der Waals surface area contributed by atoms with E-state index in [0.717, 1.165) is 34.8 Å². The lowest BCUT2D eigenvalue weighted by atomic mass is 10.0. The Morgan fingerprint density at radius 1 is 1.04 bits per heavy atom.